The Kier molecular flexibility index (Phi) is 5.25. The maximum Gasteiger partial charge on any atom is 0.321 e. The first kappa shape index (κ1) is 16.0. The highest BCUT2D eigenvalue weighted by Gasteiger charge is 2.23. The second kappa shape index (κ2) is 7.57. The van der Waals surface area contributed by atoms with E-state index in [1.807, 2.05) is 0 Å². The first-order chi connectivity index (χ1) is 11.3. The van der Waals surface area contributed by atoms with Crippen LogP contribution in [0, 0.1) is 5.92 Å². The molecule has 23 heavy (non-hydrogen) atoms. The van der Waals surface area contributed by atoms with Crippen LogP contribution in [-0.2, 0) is 11.3 Å². The summed E-state index contributed by atoms with van der Waals surface area (Å²) in [5.41, 5.74) is 0. The fourth-order valence-electron chi connectivity index (χ4n) is 3.29. The Bertz CT molecular complexity index is 539. The summed E-state index contributed by atoms with van der Waals surface area (Å²) < 4.78 is 5.19. The monoisotopic (exact) mass is 319 g/mol. The highest BCUT2D eigenvalue weighted by molar-refractivity contribution is 5.78. The first-order valence-corrected chi connectivity index (χ1v) is 8.58. The molecule has 2 heterocycles. The zero-order chi connectivity index (χ0) is 16.1. The van der Waals surface area contributed by atoms with Crippen molar-refractivity contribution < 1.29 is 9.53 Å². The van der Waals surface area contributed by atoms with Crippen LogP contribution < -0.4 is 15.0 Å². The zero-order valence-corrected chi connectivity index (χ0v) is 13.8. The van der Waals surface area contributed by atoms with E-state index < -0.39 is 0 Å². The number of nitrogens with zero attached hydrogens (tertiary/aromatic N) is 4. The second-order valence-corrected chi connectivity index (χ2v) is 6.29. The van der Waals surface area contributed by atoms with Gasteiger partial charge in [-0.3, -0.25) is 4.79 Å². The molecule has 1 amide bonds. The van der Waals surface area contributed by atoms with Crippen molar-refractivity contribution in [2.24, 2.45) is 5.92 Å². The van der Waals surface area contributed by atoms with Crippen molar-refractivity contribution >= 4 is 11.9 Å². The molecule has 3 rings (SSSR count). The summed E-state index contributed by atoms with van der Waals surface area (Å²) in [5.74, 6) is 1.48. The lowest BCUT2D eigenvalue weighted by Gasteiger charge is -2.26. The number of methoxy groups -OCH3 is 1. The average molecular weight is 319 g/mol. The number of amides is 1. The van der Waals surface area contributed by atoms with E-state index in [0.717, 1.165) is 51.6 Å². The summed E-state index contributed by atoms with van der Waals surface area (Å²) >= 11 is 0. The lowest BCUT2D eigenvalue weighted by atomic mass is 10.1. The Hall–Kier alpha value is -1.92. The number of hydrogen-bond donors (Lipinski definition) is 1. The molecule has 1 aromatic heterocycles. The van der Waals surface area contributed by atoms with Crippen molar-refractivity contribution in [2.75, 3.05) is 25.1 Å². The van der Waals surface area contributed by atoms with E-state index in [9.17, 15) is 4.79 Å². The number of ether oxygens (including phenoxy) is 1. The third-order valence-electron chi connectivity index (χ3n) is 4.62. The van der Waals surface area contributed by atoms with E-state index in [0.29, 0.717) is 24.3 Å². The number of piperidine rings is 1. The molecule has 0 spiro atoms. The van der Waals surface area contributed by atoms with Crippen LogP contribution in [-0.4, -0.2) is 41.1 Å². The average Bonchev–Trinajstić information content (AvgIpc) is 3.15. The molecule has 1 aliphatic carbocycles. The minimum Gasteiger partial charge on any atom is -0.467 e. The molecule has 1 aliphatic heterocycles. The van der Waals surface area contributed by atoms with Gasteiger partial charge in [0.25, 0.3) is 0 Å². The van der Waals surface area contributed by atoms with Crippen molar-refractivity contribution in [1.29, 1.82) is 0 Å². The third kappa shape index (κ3) is 4.09. The van der Waals surface area contributed by atoms with Gasteiger partial charge in [0.05, 0.1) is 13.7 Å². The second-order valence-electron chi connectivity index (χ2n) is 6.29. The Morgan fingerprint density at radius 3 is 2.57 bits per heavy atom. The minimum atomic E-state index is 0.112. The number of rotatable bonds is 5. The molecule has 1 saturated heterocycles. The standard InChI is InChI=1S/C16H25N5O2/c1-23-16-19-13(11-17-14(22)12-7-3-4-8-12)18-15(20-16)21-9-5-2-6-10-21/h12H,2-11H2,1H3,(H,17,22). The van der Waals surface area contributed by atoms with Crippen molar-refractivity contribution in [2.45, 2.75) is 51.5 Å². The molecule has 7 nitrogen and oxygen atoms in total. The van der Waals surface area contributed by atoms with Gasteiger partial charge in [0.1, 0.15) is 0 Å². The van der Waals surface area contributed by atoms with E-state index in [2.05, 4.69) is 25.2 Å². The van der Waals surface area contributed by atoms with E-state index in [1.54, 1.807) is 7.11 Å². The quantitative estimate of drug-likeness (QED) is 0.889. The number of hydrogen-bond acceptors (Lipinski definition) is 6. The molecule has 2 fully saturated rings. The van der Waals surface area contributed by atoms with Crippen molar-refractivity contribution in [3.8, 4) is 6.01 Å². The van der Waals surface area contributed by atoms with Gasteiger partial charge in [-0.1, -0.05) is 12.8 Å². The van der Waals surface area contributed by atoms with Crippen LogP contribution in [0.15, 0.2) is 0 Å². The topological polar surface area (TPSA) is 80.2 Å². The van der Waals surface area contributed by atoms with Crippen LogP contribution in [0.3, 0.4) is 0 Å². The number of aromatic nitrogens is 3. The van der Waals surface area contributed by atoms with Gasteiger partial charge in [-0.25, -0.2) is 0 Å². The molecule has 0 unspecified atom stereocenters. The van der Waals surface area contributed by atoms with Gasteiger partial charge in [0, 0.05) is 19.0 Å². The molecule has 0 radical (unpaired) electrons. The largest absolute Gasteiger partial charge is 0.467 e. The summed E-state index contributed by atoms with van der Waals surface area (Å²) in [5, 5.41) is 2.96. The number of carbonyl (C=O) groups excluding carboxylic acids is 1. The van der Waals surface area contributed by atoms with Crippen LogP contribution in [0.25, 0.3) is 0 Å². The molecule has 0 atom stereocenters. The van der Waals surface area contributed by atoms with E-state index >= 15 is 0 Å². The van der Waals surface area contributed by atoms with Gasteiger partial charge in [-0.05, 0) is 32.1 Å². The lowest BCUT2D eigenvalue weighted by molar-refractivity contribution is -0.125. The lowest BCUT2D eigenvalue weighted by Crippen LogP contribution is -2.33. The number of anilines is 1. The minimum absolute atomic E-state index is 0.112. The van der Waals surface area contributed by atoms with Gasteiger partial charge in [0.2, 0.25) is 11.9 Å². The molecule has 1 saturated carbocycles. The van der Waals surface area contributed by atoms with E-state index in [-0.39, 0.29) is 11.8 Å². The van der Waals surface area contributed by atoms with Gasteiger partial charge >= 0.3 is 6.01 Å². The summed E-state index contributed by atoms with van der Waals surface area (Å²) in [6.07, 6.45) is 7.84. The van der Waals surface area contributed by atoms with Crippen molar-refractivity contribution in [1.82, 2.24) is 20.3 Å². The predicted octanol–water partition coefficient (Wildman–Crippen LogP) is 1.68. The van der Waals surface area contributed by atoms with Crippen LogP contribution in [0.2, 0.25) is 0 Å². The van der Waals surface area contributed by atoms with Crippen LogP contribution in [0.1, 0.15) is 50.8 Å². The van der Waals surface area contributed by atoms with E-state index in [1.165, 1.54) is 6.42 Å². The Morgan fingerprint density at radius 1 is 1.13 bits per heavy atom. The fourth-order valence-corrected chi connectivity index (χ4v) is 3.29. The van der Waals surface area contributed by atoms with E-state index in [4.69, 9.17) is 4.74 Å². The van der Waals surface area contributed by atoms with Crippen LogP contribution in [0.5, 0.6) is 6.01 Å². The van der Waals surface area contributed by atoms with Crippen molar-refractivity contribution in [3.63, 3.8) is 0 Å². The smallest absolute Gasteiger partial charge is 0.321 e. The Balaban J connectivity index is 1.66. The molecule has 126 valence electrons. The van der Waals surface area contributed by atoms with Crippen LogP contribution in [0.4, 0.5) is 5.95 Å². The predicted molar refractivity (Wildman–Crippen MR) is 86.2 cm³/mol. The van der Waals surface area contributed by atoms with Gasteiger partial charge in [-0.15, -0.1) is 0 Å². The number of nitrogens with one attached hydrogen (secondary N) is 1. The third-order valence-corrected chi connectivity index (χ3v) is 4.62. The molecule has 0 bridgehead atoms. The summed E-state index contributed by atoms with van der Waals surface area (Å²) in [6.45, 7) is 2.25. The zero-order valence-electron chi connectivity index (χ0n) is 13.8. The molecule has 1 aromatic rings. The molecular weight excluding hydrogens is 294 g/mol. The summed E-state index contributed by atoms with van der Waals surface area (Å²) in [4.78, 5) is 27.4. The van der Waals surface area contributed by atoms with Crippen LogP contribution >= 0.6 is 0 Å². The Morgan fingerprint density at radius 2 is 1.87 bits per heavy atom. The maximum absolute atomic E-state index is 12.1. The Labute approximate surface area is 136 Å². The first-order valence-electron chi connectivity index (χ1n) is 8.58. The fraction of sp³-hybridized carbons (Fsp3) is 0.750. The number of carbonyl (C=O) groups is 1. The molecule has 2 aliphatic rings. The highest BCUT2D eigenvalue weighted by atomic mass is 16.5. The maximum atomic E-state index is 12.1. The normalized spacial score (nSPS) is 18.9. The van der Waals surface area contributed by atoms with Gasteiger partial charge in [0.15, 0.2) is 5.82 Å². The molecule has 0 aromatic carbocycles. The van der Waals surface area contributed by atoms with Crippen molar-refractivity contribution in [3.05, 3.63) is 5.82 Å². The molecule has 1 N–H and O–H groups in total. The molecular formula is C16H25N5O2. The van der Waals surface area contributed by atoms with Gasteiger partial charge in [-0.2, -0.15) is 15.0 Å². The summed E-state index contributed by atoms with van der Waals surface area (Å²) in [7, 11) is 1.55. The molecule has 7 heteroatoms. The SMILES string of the molecule is COc1nc(CNC(=O)C2CCCC2)nc(N2CCCCC2)n1. The van der Waals surface area contributed by atoms with Gasteiger partial charge < -0.3 is 15.0 Å². The highest BCUT2D eigenvalue weighted by Crippen LogP contribution is 2.24. The summed E-state index contributed by atoms with van der Waals surface area (Å²) in [6, 6.07) is 0.311.